The third-order valence-electron chi connectivity index (χ3n) is 4.51. The minimum Gasteiger partial charge on any atom is -1.00 e. The molecule has 1 saturated heterocycles. The van der Waals surface area contributed by atoms with Gasteiger partial charge in [-0.25, -0.2) is 0 Å². The number of rotatable bonds is 3. The van der Waals surface area contributed by atoms with E-state index in [9.17, 15) is 0 Å². The Morgan fingerprint density at radius 1 is 1.32 bits per heavy atom. The highest BCUT2D eigenvalue weighted by atomic mass is 79.9. The summed E-state index contributed by atoms with van der Waals surface area (Å²) in [5.74, 6) is 0.988. The summed E-state index contributed by atoms with van der Waals surface area (Å²) in [4.78, 5) is 1.66. The minimum atomic E-state index is 0. The zero-order chi connectivity index (χ0) is 13.0. The van der Waals surface area contributed by atoms with Crippen LogP contribution in [0.5, 0.6) is 5.75 Å². The van der Waals surface area contributed by atoms with Gasteiger partial charge >= 0.3 is 0 Å². The first-order valence-electron chi connectivity index (χ1n) is 7.16. The highest BCUT2D eigenvalue weighted by Gasteiger charge is 2.35. The third kappa shape index (κ3) is 3.73. The number of ether oxygens (including phenoxy) is 1. The van der Waals surface area contributed by atoms with E-state index < -0.39 is 0 Å². The lowest BCUT2D eigenvalue weighted by molar-refractivity contribution is -0.883. The number of hydrogen-bond donors (Lipinski definition) is 1. The molecule has 2 nitrogen and oxygen atoms in total. The Balaban J connectivity index is 0.00000180. The van der Waals surface area contributed by atoms with Gasteiger partial charge in [0.15, 0.2) is 0 Å². The van der Waals surface area contributed by atoms with Crippen LogP contribution in [-0.2, 0) is 5.41 Å². The highest BCUT2D eigenvalue weighted by Crippen LogP contribution is 2.34. The monoisotopic (exact) mass is 327 g/mol. The topological polar surface area (TPSA) is 13.7 Å². The first kappa shape index (κ1) is 16.5. The van der Waals surface area contributed by atoms with Crippen molar-refractivity contribution >= 4 is 0 Å². The summed E-state index contributed by atoms with van der Waals surface area (Å²) in [5, 5.41) is 0. The molecule has 2 unspecified atom stereocenters. The van der Waals surface area contributed by atoms with Gasteiger partial charge in [-0.3, -0.25) is 0 Å². The molecule has 1 aromatic carbocycles. The van der Waals surface area contributed by atoms with Crippen molar-refractivity contribution in [2.24, 2.45) is 0 Å². The average molecular weight is 328 g/mol. The van der Waals surface area contributed by atoms with Gasteiger partial charge < -0.3 is 26.6 Å². The number of likely N-dealkylation sites (N-methyl/N-ethyl adjacent to an activating group) is 1. The summed E-state index contributed by atoms with van der Waals surface area (Å²) in [5.41, 5.74) is 1.81. The fraction of sp³-hybridized carbons (Fsp3) is 0.625. The Labute approximate surface area is 127 Å². The van der Waals surface area contributed by atoms with Gasteiger partial charge in [0.2, 0.25) is 0 Å². The standard InChI is InChI=1S/C16H25NO.BrH/c1-4-16(10-5-6-11-17(2)13-16)14-8-7-9-15(12-14)18-3;/h7-9,12H,4-6,10-11,13H2,1-3H3;1H. The first-order valence-corrected chi connectivity index (χ1v) is 7.16. The number of methoxy groups -OCH3 is 1. The lowest BCUT2D eigenvalue weighted by Crippen LogP contribution is -3.10. The van der Waals surface area contributed by atoms with Crippen molar-refractivity contribution in [3.05, 3.63) is 29.8 Å². The van der Waals surface area contributed by atoms with Crippen molar-refractivity contribution in [3.63, 3.8) is 0 Å². The SMILES string of the molecule is CCC1(c2cccc(OC)c2)CCCC[NH+](C)C1.[Br-]. The molecule has 1 aliphatic heterocycles. The second kappa shape index (κ2) is 7.30. The van der Waals surface area contributed by atoms with Crippen molar-refractivity contribution in [1.29, 1.82) is 0 Å². The largest absolute Gasteiger partial charge is 1.00 e. The van der Waals surface area contributed by atoms with Gasteiger partial charge in [-0.2, -0.15) is 0 Å². The van der Waals surface area contributed by atoms with Crippen LogP contribution in [0.25, 0.3) is 0 Å². The molecule has 108 valence electrons. The van der Waals surface area contributed by atoms with Crippen LogP contribution in [0.3, 0.4) is 0 Å². The first-order chi connectivity index (χ1) is 8.70. The highest BCUT2D eigenvalue weighted by molar-refractivity contribution is 5.34. The molecule has 19 heavy (non-hydrogen) atoms. The van der Waals surface area contributed by atoms with Gasteiger partial charge in [0.1, 0.15) is 5.75 Å². The zero-order valence-corrected chi connectivity index (χ0v) is 13.9. The van der Waals surface area contributed by atoms with Gasteiger partial charge in [0.05, 0.1) is 27.2 Å². The second-order valence-electron chi connectivity index (χ2n) is 5.71. The van der Waals surface area contributed by atoms with Crippen LogP contribution >= 0.6 is 0 Å². The van der Waals surface area contributed by atoms with Crippen molar-refractivity contribution in [3.8, 4) is 5.75 Å². The molecule has 1 fully saturated rings. The van der Waals surface area contributed by atoms with Crippen LogP contribution in [0.1, 0.15) is 38.2 Å². The summed E-state index contributed by atoms with van der Waals surface area (Å²) in [6, 6.07) is 8.69. The summed E-state index contributed by atoms with van der Waals surface area (Å²) in [7, 11) is 4.08. The van der Waals surface area contributed by atoms with Crippen LogP contribution < -0.4 is 26.6 Å². The summed E-state index contributed by atoms with van der Waals surface area (Å²) in [6.07, 6.45) is 5.24. The Hall–Kier alpha value is -0.540. The van der Waals surface area contributed by atoms with E-state index in [4.69, 9.17) is 4.74 Å². The molecule has 3 heteroatoms. The predicted molar refractivity (Wildman–Crippen MR) is 75.4 cm³/mol. The Morgan fingerprint density at radius 2 is 2.11 bits per heavy atom. The molecule has 0 aliphatic carbocycles. The van der Waals surface area contributed by atoms with E-state index in [1.807, 2.05) is 6.07 Å². The summed E-state index contributed by atoms with van der Waals surface area (Å²) >= 11 is 0. The van der Waals surface area contributed by atoms with E-state index in [0.29, 0.717) is 5.41 Å². The molecule has 0 saturated carbocycles. The van der Waals surface area contributed by atoms with Crippen LogP contribution in [0.2, 0.25) is 0 Å². The third-order valence-corrected chi connectivity index (χ3v) is 4.51. The molecule has 0 radical (unpaired) electrons. The van der Waals surface area contributed by atoms with Gasteiger partial charge in [0.25, 0.3) is 0 Å². The molecule has 2 atom stereocenters. The quantitative estimate of drug-likeness (QED) is 0.755. The minimum absolute atomic E-state index is 0. The van der Waals surface area contributed by atoms with Gasteiger partial charge in [-0.15, -0.1) is 0 Å². The average Bonchev–Trinajstić information content (AvgIpc) is 2.61. The Morgan fingerprint density at radius 3 is 2.79 bits per heavy atom. The lowest BCUT2D eigenvalue weighted by atomic mass is 9.74. The smallest absolute Gasteiger partial charge is 0.119 e. The summed E-state index contributed by atoms with van der Waals surface area (Å²) < 4.78 is 5.39. The van der Waals surface area contributed by atoms with E-state index in [-0.39, 0.29) is 17.0 Å². The van der Waals surface area contributed by atoms with Gasteiger partial charge in [0, 0.05) is 5.41 Å². The molecule has 2 rings (SSSR count). The maximum Gasteiger partial charge on any atom is 0.119 e. The molecule has 0 spiro atoms. The number of halogens is 1. The number of hydrogen-bond acceptors (Lipinski definition) is 1. The fourth-order valence-corrected chi connectivity index (χ4v) is 3.35. The lowest BCUT2D eigenvalue weighted by Gasteiger charge is -2.33. The number of benzene rings is 1. The molecule has 1 aliphatic rings. The number of nitrogens with one attached hydrogen (secondary N) is 1. The van der Waals surface area contributed by atoms with E-state index in [1.165, 1.54) is 44.3 Å². The Kier molecular flexibility index (Phi) is 6.34. The van der Waals surface area contributed by atoms with Crippen molar-refractivity contribution in [2.75, 3.05) is 27.2 Å². The number of quaternary nitrogens is 1. The van der Waals surface area contributed by atoms with Crippen molar-refractivity contribution < 1.29 is 26.6 Å². The maximum absolute atomic E-state index is 5.39. The van der Waals surface area contributed by atoms with Crippen LogP contribution in [0.15, 0.2) is 24.3 Å². The fourth-order valence-electron chi connectivity index (χ4n) is 3.35. The maximum atomic E-state index is 5.39. The van der Waals surface area contributed by atoms with E-state index >= 15 is 0 Å². The van der Waals surface area contributed by atoms with Crippen LogP contribution in [0, 0.1) is 0 Å². The molecular weight excluding hydrogens is 302 g/mol. The predicted octanol–water partition coefficient (Wildman–Crippen LogP) is -0.954. The normalized spacial score (nSPS) is 27.2. The van der Waals surface area contributed by atoms with E-state index in [2.05, 4.69) is 32.2 Å². The molecular formula is C16H26BrNO. The van der Waals surface area contributed by atoms with E-state index in [1.54, 1.807) is 12.0 Å². The Bertz CT molecular complexity index is 396. The second-order valence-corrected chi connectivity index (χ2v) is 5.71. The van der Waals surface area contributed by atoms with Crippen LogP contribution in [0.4, 0.5) is 0 Å². The zero-order valence-electron chi connectivity index (χ0n) is 12.3. The number of likely N-dealkylation sites (tertiary alicyclic amines) is 1. The van der Waals surface area contributed by atoms with Crippen molar-refractivity contribution in [1.82, 2.24) is 0 Å². The molecule has 1 N–H and O–H groups in total. The summed E-state index contributed by atoms with van der Waals surface area (Å²) in [6.45, 7) is 4.89. The molecule has 1 aromatic rings. The van der Waals surface area contributed by atoms with E-state index in [0.717, 1.165) is 5.75 Å². The van der Waals surface area contributed by atoms with Crippen LogP contribution in [-0.4, -0.2) is 27.2 Å². The molecule has 0 bridgehead atoms. The van der Waals surface area contributed by atoms with Gasteiger partial charge in [-0.05, 0) is 43.4 Å². The molecule has 0 amide bonds. The molecule has 0 aromatic heterocycles. The van der Waals surface area contributed by atoms with Crippen molar-refractivity contribution in [2.45, 2.75) is 38.0 Å². The van der Waals surface area contributed by atoms with Gasteiger partial charge in [-0.1, -0.05) is 19.1 Å². The molecule has 1 heterocycles.